The van der Waals surface area contributed by atoms with E-state index in [1.807, 2.05) is 0 Å². The molecule has 0 saturated heterocycles. The Morgan fingerprint density at radius 3 is 2.17 bits per heavy atom. The van der Waals surface area contributed by atoms with Gasteiger partial charge in [-0.1, -0.05) is 30.3 Å². The van der Waals surface area contributed by atoms with Crippen LogP contribution in [0.1, 0.15) is 28.7 Å². The molecule has 3 aromatic carbocycles. The van der Waals surface area contributed by atoms with Crippen molar-refractivity contribution in [2.75, 3.05) is 11.5 Å². The number of aryl methyl sites for hydroxylation is 1. The molecule has 0 heterocycles. The van der Waals surface area contributed by atoms with Crippen LogP contribution < -0.4 is 16.2 Å². The third kappa shape index (κ3) is 8.00. The zero-order valence-electron chi connectivity index (χ0n) is 18.9. The summed E-state index contributed by atoms with van der Waals surface area (Å²) in [4.78, 5) is 11.9. The Kier molecular flexibility index (Phi) is 8.18. The fourth-order valence-corrected chi connectivity index (χ4v) is 3.11. The molecule has 0 amide bonds. The second-order valence-corrected chi connectivity index (χ2v) is 7.90. The number of alkyl halides is 5. The molecule has 0 spiro atoms. The topological polar surface area (TPSA) is 87.6 Å². The molecule has 5 nitrogen and oxygen atoms in total. The Labute approximate surface area is 204 Å². The van der Waals surface area contributed by atoms with Crippen molar-refractivity contribution in [1.29, 1.82) is 0 Å². The lowest BCUT2D eigenvalue weighted by atomic mass is 10.1. The second kappa shape index (κ2) is 11.1. The fraction of sp³-hybridized carbons (Fsp3) is 0.192. The van der Waals surface area contributed by atoms with Crippen LogP contribution in [0.25, 0.3) is 6.08 Å². The van der Waals surface area contributed by atoms with Crippen LogP contribution in [0, 0.1) is 0 Å². The van der Waals surface area contributed by atoms with E-state index < -0.39 is 30.2 Å². The van der Waals surface area contributed by atoms with Crippen molar-refractivity contribution < 1.29 is 36.2 Å². The summed E-state index contributed by atoms with van der Waals surface area (Å²) < 4.78 is 75.8. The Bertz CT molecular complexity index is 1210. The molecule has 0 atom stereocenters. The standard InChI is InChI=1S/C26H23F5N2O3/c27-25(28,29)14-13-18-1-7-20(8-2-18)26(30,31)36-22-10-3-17(4-11-22)5-12-24(34)35-16-19-6-9-21(32)15-23(19)33/h1-12,15H,13-14,16,32-33H2/b12-5+. The van der Waals surface area contributed by atoms with Crippen molar-refractivity contribution in [2.24, 2.45) is 0 Å². The lowest BCUT2D eigenvalue weighted by Crippen LogP contribution is -2.21. The summed E-state index contributed by atoms with van der Waals surface area (Å²) in [7, 11) is 0. The molecule has 190 valence electrons. The third-order valence-corrected chi connectivity index (χ3v) is 5.07. The van der Waals surface area contributed by atoms with Gasteiger partial charge in [-0.3, -0.25) is 0 Å². The lowest BCUT2D eigenvalue weighted by molar-refractivity contribution is -0.185. The van der Waals surface area contributed by atoms with Crippen molar-refractivity contribution in [1.82, 2.24) is 0 Å². The van der Waals surface area contributed by atoms with Crippen LogP contribution in [-0.2, 0) is 28.7 Å². The number of nitrogens with two attached hydrogens (primary N) is 2. The number of hydrogen-bond donors (Lipinski definition) is 2. The number of rotatable bonds is 9. The molecule has 4 N–H and O–H groups in total. The molecule has 0 saturated carbocycles. The average molecular weight is 506 g/mol. The SMILES string of the molecule is Nc1ccc(COC(=O)/C=C/c2ccc(OC(F)(F)c3ccc(CCC(F)(F)F)cc3)cc2)c(N)c1. The predicted octanol–water partition coefficient (Wildman–Crippen LogP) is 6.23. The summed E-state index contributed by atoms with van der Waals surface area (Å²) in [5.41, 5.74) is 13.2. The smallest absolute Gasteiger partial charge is 0.426 e. The zero-order chi connectivity index (χ0) is 26.3. The molecule has 0 bridgehead atoms. The number of nitrogen functional groups attached to an aromatic ring is 2. The van der Waals surface area contributed by atoms with E-state index in [0.717, 1.165) is 12.1 Å². The van der Waals surface area contributed by atoms with Crippen molar-refractivity contribution in [2.45, 2.75) is 31.7 Å². The highest BCUT2D eigenvalue weighted by atomic mass is 19.4. The molecule has 0 aromatic heterocycles. The predicted molar refractivity (Wildman–Crippen MR) is 126 cm³/mol. The maximum atomic E-state index is 14.5. The van der Waals surface area contributed by atoms with Crippen molar-refractivity contribution >= 4 is 23.4 Å². The van der Waals surface area contributed by atoms with E-state index >= 15 is 0 Å². The van der Waals surface area contributed by atoms with E-state index in [-0.39, 0.29) is 18.8 Å². The molecule has 36 heavy (non-hydrogen) atoms. The summed E-state index contributed by atoms with van der Waals surface area (Å²) in [6.07, 6.45) is -6.73. The van der Waals surface area contributed by atoms with Gasteiger partial charge < -0.3 is 20.9 Å². The third-order valence-electron chi connectivity index (χ3n) is 5.07. The van der Waals surface area contributed by atoms with Crippen molar-refractivity contribution in [3.8, 4) is 5.75 Å². The monoisotopic (exact) mass is 506 g/mol. The van der Waals surface area contributed by atoms with Gasteiger partial charge in [0.1, 0.15) is 12.4 Å². The normalized spacial score (nSPS) is 12.0. The summed E-state index contributed by atoms with van der Waals surface area (Å²) in [5, 5.41) is 0. The van der Waals surface area contributed by atoms with Gasteiger partial charge in [0.25, 0.3) is 0 Å². The van der Waals surface area contributed by atoms with E-state index in [1.54, 1.807) is 18.2 Å². The van der Waals surface area contributed by atoms with Gasteiger partial charge in [0.05, 0.1) is 5.56 Å². The summed E-state index contributed by atoms with van der Waals surface area (Å²) in [6.45, 7) is -0.0412. The highest BCUT2D eigenvalue weighted by molar-refractivity contribution is 5.87. The first-order chi connectivity index (χ1) is 16.9. The van der Waals surface area contributed by atoms with Gasteiger partial charge in [-0.05, 0) is 60.0 Å². The van der Waals surface area contributed by atoms with Gasteiger partial charge in [0.2, 0.25) is 0 Å². The molecule has 3 aromatic rings. The highest BCUT2D eigenvalue weighted by Gasteiger charge is 2.34. The second-order valence-electron chi connectivity index (χ2n) is 7.90. The van der Waals surface area contributed by atoms with Crippen LogP contribution >= 0.6 is 0 Å². The number of hydrogen-bond acceptors (Lipinski definition) is 5. The van der Waals surface area contributed by atoms with Crippen LogP contribution in [0.5, 0.6) is 5.75 Å². The van der Waals surface area contributed by atoms with Gasteiger partial charge in [0.15, 0.2) is 0 Å². The minimum absolute atomic E-state index is 0.0412. The quantitative estimate of drug-likeness (QED) is 0.155. The van der Waals surface area contributed by atoms with E-state index in [9.17, 15) is 26.7 Å². The average Bonchev–Trinajstić information content (AvgIpc) is 2.81. The summed E-state index contributed by atoms with van der Waals surface area (Å²) in [6, 6.07) is 14.9. The van der Waals surface area contributed by atoms with Crippen molar-refractivity contribution in [3.05, 3.63) is 95.1 Å². The van der Waals surface area contributed by atoms with E-state index in [4.69, 9.17) is 20.9 Å². The van der Waals surface area contributed by atoms with Gasteiger partial charge in [-0.15, -0.1) is 0 Å². The number of ether oxygens (including phenoxy) is 2. The molecule has 3 rings (SSSR count). The van der Waals surface area contributed by atoms with E-state index in [2.05, 4.69) is 0 Å². The van der Waals surface area contributed by atoms with Crippen LogP contribution in [0.2, 0.25) is 0 Å². The van der Waals surface area contributed by atoms with Crippen LogP contribution in [0.3, 0.4) is 0 Å². The summed E-state index contributed by atoms with van der Waals surface area (Å²) in [5.74, 6) is -0.767. The highest BCUT2D eigenvalue weighted by Crippen LogP contribution is 2.32. The Morgan fingerprint density at radius 1 is 0.889 bits per heavy atom. The molecular weight excluding hydrogens is 483 g/mol. The largest absolute Gasteiger partial charge is 0.458 e. The number of esters is 1. The minimum atomic E-state index is -4.32. The van der Waals surface area contributed by atoms with Gasteiger partial charge in [-0.2, -0.15) is 22.0 Å². The molecule has 0 aliphatic heterocycles. The Hall–Kier alpha value is -4.08. The van der Waals surface area contributed by atoms with E-state index in [1.165, 1.54) is 48.6 Å². The molecular formula is C26H23F5N2O3. The van der Waals surface area contributed by atoms with Crippen LogP contribution in [-0.4, -0.2) is 12.1 Å². The first-order valence-corrected chi connectivity index (χ1v) is 10.7. The zero-order valence-corrected chi connectivity index (χ0v) is 18.9. The van der Waals surface area contributed by atoms with Gasteiger partial charge in [-0.25, -0.2) is 4.79 Å². The number of anilines is 2. The Morgan fingerprint density at radius 2 is 1.56 bits per heavy atom. The van der Waals surface area contributed by atoms with Gasteiger partial charge in [0, 0.05) is 29.4 Å². The van der Waals surface area contributed by atoms with Crippen molar-refractivity contribution in [3.63, 3.8) is 0 Å². The number of benzene rings is 3. The first kappa shape index (κ1) is 26.5. The molecule has 0 radical (unpaired) electrons. The van der Waals surface area contributed by atoms with Crippen LogP contribution in [0.4, 0.5) is 33.3 Å². The number of carbonyl (C=O) groups excluding carboxylic acids is 1. The lowest BCUT2D eigenvalue weighted by Gasteiger charge is -2.18. The molecule has 0 unspecified atom stereocenters. The maximum absolute atomic E-state index is 14.5. The Balaban J connectivity index is 1.54. The molecule has 10 heteroatoms. The minimum Gasteiger partial charge on any atom is -0.458 e. The summed E-state index contributed by atoms with van der Waals surface area (Å²) >= 11 is 0. The first-order valence-electron chi connectivity index (χ1n) is 10.7. The number of carbonyl (C=O) groups is 1. The maximum Gasteiger partial charge on any atom is 0.426 e. The molecule has 0 aliphatic rings. The van der Waals surface area contributed by atoms with Crippen LogP contribution in [0.15, 0.2) is 72.8 Å². The number of halogens is 5. The molecule has 0 aliphatic carbocycles. The van der Waals surface area contributed by atoms with E-state index in [0.29, 0.717) is 28.1 Å². The van der Waals surface area contributed by atoms with Gasteiger partial charge >= 0.3 is 18.3 Å². The molecule has 0 fully saturated rings. The fourth-order valence-electron chi connectivity index (χ4n) is 3.11.